The Kier molecular flexibility index (Phi) is 4.44. The van der Waals surface area contributed by atoms with Crippen LogP contribution in [0.25, 0.3) is 0 Å². The zero-order valence-corrected chi connectivity index (χ0v) is 13.6. The third kappa shape index (κ3) is 3.89. The summed E-state index contributed by atoms with van der Waals surface area (Å²) in [7, 11) is 0. The molecule has 1 aliphatic rings. The molecule has 0 radical (unpaired) electrons. The number of carbonyl (C=O) groups is 1. The largest absolute Gasteiger partial charge is 0.444 e. The summed E-state index contributed by atoms with van der Waals surface area (Å²) in [5.41, 5.74) is 2.56. The van der Waals surface area contributed by atoms with E-state index in [-0.39, 0.29) is 12.1 Å². The van der Waals surface area contributed by atoms with Gasteiger partial charge in [-0.1, -0.05) is 0 Å². The molecular formula is C15H26N4O2. The number of aryl methyl sites for hydroxylation is 2. The van der Waals surface area contributed by atoms with Gasteiger partial charge in [-0.2, -0.15) is 5.10 Å². The Morgan fingerprint density at radius 2 is 2.19 bits per heavy atom. The summed E-state index contributed by atoms with van der Waals surface area (Å²) in [5.74, 6) is 0. The summed E-state index contributed by atoms with van der Waals surface area (Å²) in [5, 5.41) is 10.5. The number of nitrogens with zero attached hydrogens (tertiary/aromatic N) is 2. The standard InChI is InChI=1S/C15H26N4O2/c1-10-13(11(2)18-17-10)16-9-12-7-6-8-19(12)14(20)21-15(3,4)5/h12,16H,6-9H2,1-5H3,(H,17,18). The van der Waals surface area contributed by atoms with Crippen molar-refractivity contribution in [2.75, 3.05) is 18.4 Å². The SMILES string of the molecule is Cc1n[nH]c(C)c1NCC1CCCN1C(=O)OC(C)(C)C. The highest BCUT2D eigenvalue weighted by Crippen LogP contribution is 2.22. The van der Waals surface area contributed by atoms with Gasteiger partial charge in [0.15, 0.2) is 0 Å². The number of hydrogen-bond donors (Lipinski definition) is 2. The molecule has 6 nitrogen and oxygen atoms in total. The Hall–Kier alpha value is -1.72. The molecule has 118 valence electrons. The van der Waals surface area contributed by atoms with Crippen molar-refractivity contribution >= 4 is 11.8 Å². The van der Waals surface area contributed by atoms with Crippen LogP contribution in [0.3, 0.4) is 0 Å². The number of hydrogen-bond acceptors (Lipinski definition) is 4. The van der Waals surface area contributed by atoms with Crippen LogP contribution in [0.5, 0.6) is 0 Å². The molecule has 21 heavy (non-hydrogen) atoms. The average molecular weight is 294 g/mol. The van der Waals surface area contributed by atoms with E-state index in [0.717, 1.165) is 43.0 Å². The maximum absolute atomic E-state index is 12.2. The fourth-order valence-electron chi connectivity index (χ4n) is 2.64. The van der Waals surface area contributed by atoms with Crippen molar-refractivity contribution in [1.82, 2.24) is 15.1 Å². The summed E-state index contributed by atoms with van der Waals surface area (Å²) in [4.78, 5) is 14.1. The minimum atomic E-state index is -0.449. The zero-order valence-electron chi connectivity index (χ0n) is 13.6. The van der Waals surface area contributed by atoms with Crippen molar-refractivity contribution in [3.8, 4) is 0 Å². The van der Waals surface area contributed by atoms with Gasteiger partial charge >= 0.3 is 6.09 Å². The second-order valence-corrected chi connectivity index (χ2v) is 6.66. The Morgan fingerprint density at radius 3 is 2.76 bits per heavy atom. The average Bonchev–Trinajstić information content (AvgIpc) is 2.93. The summed E-state index contributed by atoms with van der Waals surface area (Å²) in [6.45, 7) is 11.1. The number of rotatable bonds is 3. The van der Waals surface area contributed by atoms with Crippen molar-refractivity contribution in [1.29, 1.82) is 0 Å². The summed E-state index contributed by atoms with van der Waals surface area (Å²) in [6.07, 6.45) is 1.81. The van der Waals surface area contributed by atoms with Gasteiger partial charge in [-0.3, -0.25) is 5.10 Å². The maximum Gasteiger partial charge on any atom is 0.410 e. The first kappa shape index (κ1) is 15.7. The topological polar surface area (TPSA) is 70.2 Å². The lowest BCUT2D eigenvalue weighted by Gasteiger charge is -2.29. The normalized spacial score (nSPS) is 18.9. The van der Waals surface area contributed by atoms with Crippen LogP contribution in [0, 0.1) is 13.8 Å². The van der Waals surface area contributed by atoms with Crippen molar-refractivity contribution in [3.63, 3.8) is 0 Å². The van der Waals surface area contributed by atoms with E-state index in [4.69, 9.17) is 4.74 Å². The molecular weight excluding hydrogens is 268 g/mol. The zero-order chi connectivity index (χ0) is 15.6. The highest BCUT2D eigenvalue weighted by atomic mass is 16.6. The Bertz CT molecular complexity index is 485. The number of aromatic amines is 1. The van der Waals surface area contributed by atoms with Gasteiger partial charge in [-0.05, 0) is 47.5 Å². The van der Waals surface area contributed by atoms with Gasteiger partial charge in [-0.15, -0.1) is 0 Å². The summed E-state index contributed by atoms with van der Waals surface area (Å²) in [6, 6.07) is 0.175. The fourth-order valence-corrected chi connectivity index (χ4v) is 2.64. The van der Waals surface area contributed by atoms with Gasteiger partial charge < -0.3 is 15.0 Å². The highest BCUT2D eigenvalue weighted by molar-refractivity contribution is 5.69. The van der Waals surface area contributed by atoms with E-state index in [9.17, 15) is 4.79 Å². The molecule has 1 aliphatic heterocycles. The second kappa shape index (κ2) is 5.95. The molecule has 0 aromatic carbocycles. The number of carbonyl (C=O) groups excluding carboxylic acids is 1. The number of ether oxygens (including phenoxy) is 1. The first-order valence-corrected chi connectivity index (χ1v) is 7.53. The van der Waals surface area contributed by atoms with Crippen LogP contribution in [0.15, 0.2) is 0 Å². The van der Waals surface area contributed by atoms with Crippen molar-refractivity contribution in [2.45, 2.75) is 59.1 Å². The quantitative estimate of drug-likeness (QED) is 0.899. The van der Waals surface area contributed by atoms with Crippen LogP contribution in [-0.4, -0.2) is 45.9 Å². The molecule has 2 rings (SSSR count). The predicted molar refractivity (Wildman–Crippen MR) is 82.5 cm³/mol. The van der Waals surface area contributed by atoms with Crippen molar-refractivity contribution in [3.05, 3.63) is 11.4 Å². The van der Waals surface area contributed by atoms with E-state index in [2.05, 4.69) is 15.5 Å². The van der Waals surface area contributed by atoms with E-state index < -0.39 is 5.60 Å². The Morgan fingerprint density at radius 1 is 1.48 bits per heavy atom. The number of H-pyrrole nitrogens is 1. The molecule has 1 aromatic heterocycles. The van der Waals surface area contributed by atoms with E-state index in [1.54, 1.807) is 0 Å². The number of likely N-dealkylation sites (tertiary alicyclic amines) is 1. The summed E-state index contributed by atoms with van der Waals surface area (Å²) < 4.78 is 5.48. The van der Waals surface area contributed by atoms with E-state index in [1.165, 1.54) is 0 Å². The molecule has 0 bridgehead atoms. The molecule has 0 spiro atoms. The molecule has 1 unspecified atom stereocenters. The molecule has 6 heteroatoms. The van der Waals surface area contributed by atoms with Gasteiger partial charge in [-0.25, -0.2) is 4.79 Å². The van der Waals surface area contributed by atoms with Gasteiger partial charge in [0.2, 0.25) is 0 Å². The van der Waals surface area contributed by atoms with Gasteiger partial charge in [0.25, 0.3) is 0 Å². The number of aromatic nitrogens is 2. The lowest BCUT2D eigenvalue weighted by Crippen LogP contribution is -2.42. The third-order valence-electron chi connectivity index (χ3n) is 3.65. The lowest BCUT2D eigenvalue weighted by atomic mass is 10.2. The van der Waals surface area contributed by atoms with Crippen LogP contribution < -0.4 is 5.32 Å². The first-order chi connectivity index (χ1) is 9.78. The second-order valence-electron chi connectivity index (χ2n) is 6.66. The molecule has 1 aromatic rings. The molecule has 2 N–H and O–H groups in total. The van der Waals surface area contributed by atoms with Crippen LogP contribution >= 0.6 is 0 Å². The number of nitrogens with one attached hydrogen (secondary N) is 2. The summed E-state index contributed by atoms with van der Waals surface area (Å²) >= 11 is 0. The monoisotopic (exact) mass is 294 g/mol. The minimum absolute atomic E-state index is 0.175. The smallest absolute Gasteiger partial charge is 0.410 e. The number of anilines is 1. The van der Waals surface area contributed by atoms with Gasteiger partial charge in [0, 0.05) is 13.1 Å². The van der Waals surface area contributed by atoms with E-state index in [0.29, 0.717) is 0 Å². The van der Waals surface area contributed by atoms with E-state index in [1.807, 2.05) is 39.5 Å². The molecule has 0 saturated carbocycles. The minimum Gasteiger partial charge on any atom is -0.444 e. The Balaban J connectivity index is 1.95. The van der Waals surface area contributed by atoms with Crippen LogP contribution in [-0.2, 0) is 4.74 Å². The van der Waals surface area contributed by atoms with Crippen molar-refractivity contribution < 1.29 is 9.53 Å². The number of amides is 1. The van der Waals surface area contributed by atoms with Gasteiger partial charge in [0.05, 0.1) is 23.1 Å². The van der Waals surface area contributed by atoms with E-state index >= 15 is 0 Å². The molecule has 2 heterocycles. The maximum atomic E-state index is 12.2. The Labute approximate surface area is 126 Å². The first-order valence-electron chi connectivity index (χ1n) is 7.53. The molecule has 1 amide bonds. The third-order valence-corrected chi connectivity index (χ3v) is 3.65. The van der Waals surface area contributed by atoms with Crippen LogP contribution in [0.2, 0.25) is 0 Å². The predicted octanol–water partition coefficient (Wildman–Crippen LogP) is 2.84. The van der Waals surface area contributed by atoms with Crippen LogP contribution in [0.1, 0.15) is 45.0 Å². The molecule has 1 atom stereocenters. The molecule has 1 fully saturated rings. The lowest BCUT2D eigenvalue weighted by molar-refractivity contribution is 0.0235. The highest BCUT2D eigenvalue weighted by Gasteiger charge is 2.32. The van der Waals surface area contributed by atoms with Crippen molar-refractivity contribution in [2.24, 2.45) is 0 Å². The molecule has 1 saturated heterocycles. The van der Waals surface area contributed by atoms with Gasteiger partial charge in [0.1, 0.15) is 5.60 Å². The van der Waals surface area contributed by atoms with Crippen LogP contribution in [0.4, 0.5) is 10.5 Å². The molecule has 0 aliphatic carbocycles. The fraction of sp³-hybridized carbons (Fsp3) is 0.733.